The molecule has 0 aromatic heterocycles. The number of rotatable bonds is 9. The normalized spacial score (nSPS) is 13.2. The molecule has 1 fully saturated rings. The number of esters is 1. The van der Waals surface area contributed by atoms with Gasteiger partial charge in [0.1, 0.15) is 0 Å². The Labute approximate surface area is 215 Å². The van der Waals surface area contributed by atoms with Crippen molar-refractivity contribution in [3.8, 4) is 11.5 Å². The van der Waals surface area contributed by atoms with Crippen LogP contribution in [0, 0.1) is 0 Å². The first-order valence-electron chi connectivity index (χ1n) is 12.1. The number of amides is 2. The smallest absolute Gasteiger partial charge is 0.338 e. The average Bonchev–Trinajstić information content (AvgIpc) is 2.95. The van der Waals surface area contributed by atoms with E-state index < -0.39 is 12.6 Å². The summed E-state index contributed by atoms with van der Waals surface area (Å²) in [6, 6.07) is 18.1. The first kappa shape index (κ1) is 26.0. The van der Waals surface area contributed by atoms with Crippen LogP contribution >= 0.6 is 0 Å². The number of carbonyl (C=O) groups is 3. The maximum absolute atomic E-state index is 13.0. The maximum Gasteiger partial charge on any atom is 0.338 e. The van der Waals surface area contributed by atoms with Crippen LogP contribution < -0.4 is 14.4 Å². The number of methoxy groups -OCH3 is 1. The fraction of sp³-hybridized carbons (Fsp3) is 0.321. The first-order chi connectivity index (χ1) is 18.0. The zero-order chi connectivity index (χ0) is 26.2. The van der Waals surface area contributed by atoms with E-state index >= 15 is 0 Å². The molecule has 4 rings (SSSR count). The van der Waals surface area contributed by atoms with E-state index in [1.54, 1.807) is 9.80 Å². The first-order valence-corrected chi connectivity index (χ1v) is 12.1. The number of likely N-dealkylation sites (N-methyl/N-ethyl adjacent to an activating group) is 1. The summed E-state index contributed by atoms with van der Waals surface area (Å²) in [7, 11) is 1.44. The SMILES string of the molecule is CCN(C(=O)COC(=O)c1ccc(OCC(=O)N2CCOCC2)c(OC)c1)c1cccc2ccccc12. The van der Waals surface area contributed by atoms with E-state index in [1.807, 2.05) is 49.4 Å². The van der Waals surface area contributed by atoms with Gasteiger partial charge in [-0.3, -0.25) is 9.59 Å². The van der Waals surface area contributed by atoms with Gasteiger partial charge in [-0.05, 0) is 36.6 Å². The van der Waals surface area contributed by atoms with Gasteiger partial charge in [-0.25, -0.2) is 4.79 Å². The van der Waals surface area contributed by atoms with Crippen LogP contribution in [-0.4, -0.2) is 75.9 Å². The largest absolute Gasteiger partial charge is 0.493 e. The van der Waals surface area contributed by atoms with Crippen molar-refractivity contribution in [3.05, 3.63) is 66.2 Å². The molecule has 1 saturated heterocycles. The van der Waals surface area contributed by atoms with Gasteiger partial charge < -0.3 is 28.7 Å². The van der Waals surface area contributed by atoms with Crippen LogP contribution in [-0.2, 0) is 19.1 Å². The molecule has 1 aliphatic heterocycles. The molecule has 1 heterocycles. The van der Waals surface area contributed by atoms with Gasteiger partial charge in [0.2, 0.25) is 0 Å². The predicted octanol–water partition coefficient (Wildman–Crippen LogP) is 3.30. The van der Waals surface area contributed by atoms with Crippen LogP contribution in [0.25, 0.3) is 10.8 Å². The van der Waals surface area contributed by atoms with Crippen LogP contribution in [0.15, 0.2) is 60.7 Å². The van der Waals surface area contributed by atoms with Gasteiger partial charge in [0.05, 0.1) is 31.6 Å². The van der Waals surface area contributed by atoms with Crippen molar-refractivity contribution in [1.82, 2.24) is 4.90 Å². The summed E-state index contributed by atoms with van der Waals surface area (Å²) in [5.74, 6) is -0.553. The third-order valence-electron chi connectivity index (χ3n) is 6.12. The lowest BCUT2D eigenvalue weighted by atomic mass is 10.1. The van der Waals surface area contributed by atoms with Gasteiger partial charge in [-0.15, -0.1) is 0 Å². The van der Waals surface area contributed by atoms with Crippen molar-refractivity contribution < 1.29 is 33.3 Å². The quantitative estimate of drug-likeness (QED) is 0.411. The fourth-order valence-electron chi connectivity index (χ4n) is 4.17. The third-order valence-corrected chi connectivity index (χ3v) is 6.12. The molecule has 37 heavy (non-hydrogen) atoms. The zero-order valence-corrected chi connectivity index (χ0v) is 21.0. The Morgan fingerprint density at radius 2 is 1.70 bits per heavy atom. The molecule has 9 heteroatoms. The second-order valence-corrected chi connectivity index (χ2v) is 8.36. The molecule has 0 N–H and O–H groups in total. The van der Waals surface area contributed by atoms with Crippen LogP contribution in [0.4, 0.5) is 5.69 Å². The van der Waals surface area contributed by atoms with Gasteiger partial charge in [0.25, 0.3) is 11.8 Å². The molecule has 194 valence electrons. The van der Waals surface area contributed by atoms with Crippen molar-refractivity contribution in [1.29, 1.82) is 0 Å². The topological polar surface area (TPSA) is 94.6 Å². The number of morpholine rings is 1. The van der Waals surface area contributed by atoms with Gasteiger partial charge in [0.15, 0.2) is 24.7 Å². The van der Waals surface area contributed by atoms with Crippen LogP contribution in [0.2, 0.25) is 0 Å². The minimum absolute atomic E-state index is 0.154. The highest BCUT2D eigenvalue weighted by molar-refractivity contribution is 6.04. The number of carbonyl (C=O) groups excluding carboxylic acids is 3. The van der Waals surface area contributed by atoms with Crippen LogP contribution in [0.1, 0.15) is 17.3 Å². The van der Waals surface area contributed by atoms with Gasteiger partial charge in [-0.1, -0.05) is 36.4 Å². The van der Waals surface area contributed by atoms with E-state index in [2.05, 4.69) is 0 Å². The molecule has 0 saturated carbocycles. The number of anilines is 1. The molecule has 3 aromatic rings. The molecule has 0 unspecified atom stereocenters. The molecule has 0 bridgehead atoms. The highest BCUT2D eigenvalue weighted by atomic mass is 16.5. The van der Waals surface area contributed by atoms with Crippen molar-refractivity contribution in [2.75, 3.05) is 58.1 Å². The summed E-state index contributed by atoms with van der Waals surface area (Å²) >= 11 is 0. The molecule has 0 spiro atoms. The summed E-state index contributed by atoms with van der Waals surface area (Å²) in [6.07, 6.45) is 0. The Morgan fingerprint density at radius 1 is 0.946 bits per heavy atom. The Hall–Kier alpha value is -4.11. The van der Waals surface area contributed by atoms with E-state index in [-0.39, 0.29) is 29.7 Å². The Bertz CT molecular complexity index is 1270. The molecule has 0 atom stereocenters. The summed E-state index contributed by atoms with van der Waals surface area (Å²) in [5, 5.41) is 1.96. The maximum atomic E-state index is 13.0. The van der Waals surface area contributed by atoms with Gasteiger partial charge >= 0.3 is 5.97 Å². The predicted molar refractivity (Wildman–Crippen MR) is 138 cm³/mol. The minimum Gasteiger partial charge on any atom is -0.493 e. The number of hydrogen-bond acceptors (Lipinski definition) is 7. The average molecular weight is 507 g/mol. The van der Waals surface area contributed by atoms with Crippen molar-refractivity contribution in [2.24, 2.45) is 0 Å². The van der Waals surface area contributed by atoms with E-state index in [1.165, 1.54) is 25.3 Å². The second kappa shape index (κ2) is 12.2. The van der Waals surface area contributed by atoms with E-state index in [0.717, 1.165) is 16.5 Å². The Kier molecular flexibility index (Phi) is 8.58. The molecule has 1 aliphatic rings. The van der Waals surface area contributed by atoms with Gasteiger partial charge in [-0.2, -0.15) is 0 Å². The van der Waals surface area contributed by atoms with Crippen LogP contribution in [0.3, 0.4) is 0 Å². The fourth-order valence-corrected chi connectivity index (χ4v) is 4.17. The Morgan fingerprint density at radius 3 is 2.46 bits per heavy atom. The number of nitrogens with zero attached hydrogens (tertiary/aromatic N) is 2. The van der Waals surface area contributed by atoms with Gasteiger partial charge in [0, 0.05) is 25.0 Å². The minimum atomic E-state index is -0.670. The molecule has 0 radical (unpaired) electrons. The monoisotopic (exact) mass is 506 g/mol. The molecule has 2 amide bonds. The summed E-state index contributed by atoms with van der Waals surface area (Å²) in [4.78, 5) is 41.3. The highest BCUT2D eigenvalue weighted by Crippen LogP contribution is 2.29. The number of ether oxygens (including phenoxy) is 4. The van der Waals surface area contributed by atoms with E-state index in [4.69, 9.17) is 18.9 Å². The molecule has 9 nitrogen and oxygen atoms in total. The lowest BCUT2D eigenvalue weighted by Crippen LogP contribution is -2.43. The second-order valence-electron chi connectivity index (χ2n) is 8.36. The zero-order valence-electron chi connectivity index (χ0n) is 21.0. The van der Waals surface area contributed by atoms with Crippen LogP contribution in [0.5, 0.6) is 11.5 Å². The number of benzene rings is 3. The number of hydrogen-bond donors (Lipinski definition) is 0. The van der Waals surface area contributed by atoms with Crippen molar-refractivity contribution in [3.63, 3.8) is 0 Å². The molecular weight excluding hydrogens is 476 g/mol. The van der Waals surface area contributed by atoms with Crippen molar-refractivity contribution in [2.45, 2.75) is 6.92 Å². The van der Waals surface area contributed by atoms with Crippen molar-refractivity contribution >= 4 is 34.2 Å². The lowest BCUT2D eigenvalue weighted by molar-refractivity contribution is -0.137. The highest BCUT2D eigenvalue weighted by Gasteiger charge is 2.21. The number of fused-ring (bicyclic) bond motifs is 1. The summed E-state index contributed by atoms with van der Waals surface area (Å²) in [5.41, 5.74) is 0.959. The molecule has 3 aromatic carbocycles. The standard InChI is InChI=1S/C28H30N2O7/c1-3-30(23-10-6-8-20-7-4-5-9-22(20)23)27(32)19-37-28(33)21-11-12-24(25(17-21)34-2)36-18-26(31)29-13-15-35-16-14-29/h4-12,17H,3,13-16,18-19H2,1-2H3. The molecule has 0 aliphatic carbocycles. The van der Waals surface area contributed by atoms with E-state index in [0.29, 0.717) is 38.6 Å². The Balaban J connectivity index is 1.37. The summed E-state index contributed by atoms with van der Waals surface area (Å²) in [6.45, 7) is 3.79. The lowest BCUT2D eigenvalue weighted by Gasteiger charge is -2.26. The summed E-state index contributed by atoms with van der Waals surface area (Å²) < 4.78 is 21.6. The van der Waals surface area contributed by atoms with E-state index in [9.17, 15) is 14.4 Å². The third kappa shape index (κ3) is 6.18. The molecular formula is C28H30N2O7.